The lowest BCUT2D eigenvalue weighted by Gasteiger charge is -2.07. The maximum atomic E-state index is 12.9. The number of nitrogens with zero attached hydrogens (tertiary/aromatic N) is 2. The van der Waals surface area contributed by atoms with Crippen LogP contribution in [0, 0.1) is 20.8 Å². The SMILES string of the molecule is CCOC(=O)c1c(C)[nH]c(C(=O)C(C)Sc2nnc(COc3cccc(C)c3)o2)c1C. The third-order valence-electron chi connectivity index (χ3n) is 4.61. The van der Waals surface area contributed by atoms with Crippen LogP contribution in [-0.4, -0.2) is 38.8 Å². The van der Waals surface area contributed by atoms with Crippen LogP contribution in [0.25, 0.3) is 0 Å². The fourth-order valence-electron chi connectivity index (χ4n) is 3.11. The number of thioether (sulfide) groups is 1. The highest BCUT2D eigenvalue weighted by Crippen LogP contribution is 2.27. The molecule has 0 amide bonds. The number of ether oxygens (including phenoxy) is 2. The van der Waals surface area contributed by atoms with E-state index in [0.717, 1.165) is 17.3 Å². The number of rotatable bonds is 9. The summed E-state index contributed by atoms with van der Waals surface area (Å²) in [6.45, 7) is 9.35. The van der Waals surface area contributed by atoms with Gasteiger partial charge in [-0.25, -0.2) is 4.79 Å². The van der Waals surface area contributed by atoms with E-state index in [0.29, 0.717) is 34.2 Å². The minimum atomic E-state index is -0.502. The van der Waals surface area contributed by atoms with Crippen LogP contribution in [0.3, 0.4) is 0 Å². The van der Waals surface area contributed by atoms with Gasteiger partial charge in [0.25, 0.3) is 11.1 Å². The Morgan fingerprint density at radius 2 is 2.00 bits per heavy atom. The normalized spacial score (nSPS) is 11.9. The molecular formula is C22H25N3O5S. The Hall–Kier alpha value is -3.07. The number of hydrogen-bond acceptors (Lipinski definition) is 8. The van der Waals surface area contributed by atoms with E-state index in [4.69, 9.17) is 13.9 Å². The molecule has 3 rings (SSSR count). The third kappa shape index (κ3) is 5.35. The number of hydrogen-bond donors (Lipinski definition) is 1. The van der Waals surface area contributed by atoms with Crippen molar-refractivity contribution in [3.63, 3.8) is 0 Å². The number of esters is 1. The number of carbonyl (C=O) groups is 2. The van der Waals surface area contributed by atoms with Crippen LogP contribution in [0.1, 0.15) is 57.4 Å². The molecule has 1 unspecified atom stereocenters. The molecule has 1 atom stereocenters. The van der Waals surface area contributed by atoms with E-state index < -0.39 is 11.2 Å². The molecule has 0 bridgehead atoms. The molecule has 0 saturated heterocycles. The standard InChI is InChI=1S/C22H25N3O5S/c1-6-28-21(27)18-13(3)19(23-14(18)4)20(26)15(5)31-22-25-24-17(30-22)11-29-16-9-7-8-12(2)10-16/h7-10,15,23H,6,11H2,1-5H3. The van der Waals surface area contributed by atoms with Gasteiger partial charge in [0.15, 0.2) is 12.4 Å². The van der Waals surface area contributed by atoms with E-state index in [2.05, 4.69) is 15.2 Å². The Labute approximate surface area is 184 Å². The molecule has 9 heteroatoms. The van der Waals surface area contributed by atoms with E-state index in [-0.39, 0.29) is 24.2 Å². The average Bonchev–Trinajstić information content (AvgIpc) is 3.29. The number of aromatic amines is 1. The fourth-order valence-corrected chi connectivity index (χ4v) is 3.87. The molecule has 0 radical (unpaired) electrons. The number of H-pyrrole nitrogens is 1. The number of aromatic nitrogens is 3. The van der Waals surface area contributed by atoms with Crippen LogP contribution in [0.4, 0.5) is 0 Å². The van der Waals surface area contributed by atoms with Gasteiger partial charge in [-0.05, 0) is 57.9 Å². The van der Waals surface area contributed by atoms with E-state index in [1.807, 2.05) is 31.2 Å². The molecule has 2 heterocycles. The van der Waals surface area contributed by atoms with Gasteiger partial charge in [-0.1, -0.05) is 23.9 Å². The van der Waals surface area contributed by atoms with Crippen molar-refractivity contribution >= 4 is 23.5 Å². The second-order valence-electron chi connectivity index (χ2n) is 7.04. The van der Waals surface area contributed by atoms with Crippen molar-refractivity contribution in [3.05, 3.63) is 58.2 Å². The third-order valence-corrected chi connectivity index (χ3v) is 5.54. The van der Waals surface area contributed by atoms with Crippen molar-refractivity contribution in [2.45, 2.75) is 51.7 Å². The first-order valence-electron chi connectivity index (χ1n) is 9.89. The number of Topliss-reactive ketones (excluding diaryl/α,β-unsaturated/α-hetero) is 1. The largest absolute Gasteiger partial charge is 0.484 e. The first-order chi connectivity index (χ1) is 14.8. The first-order valence-corrected chi connectivity index (χ1v) is 10.8. The summed E-state index contributed by atoms with van der Waals surface area (Å²) in [5.74, 6) is 0.422. The summed E-state index contributed by atoms with van der Waals surface area (Å²) < 4.78 is 16.3. The average molecular weight is 444 g/mol. The van der Waals surface area contributed by atoms with E-state index in [1.165, 1.54) is 0 Å². The number of aryl methyl sites for hydroxylation is 2. The van der Waals surface area contributed by atoms with E-state index >= 15 is 0 Å². The maximum absolute atomic E-state index is 12.9. The second kappa shape index (κ2) is 9.82. The molecule has 8 nitrogen and oxygen atoms in total. The van der Waals surface area contributed by atoms with Crippen molar-refractivity contribution < 1.29 is 23.5 Å². The van der Waals surface area contributed by atoms with Crippen LogP contribution in [0.2, 0.25) is 0 Å². The van der Waals surface area contributed by atoms with Crippen LogP contribution in [0.15, 0.2) is 33.9 Å². The van der Waals surface area contributed by atoms with Crippen molar-refractivity contribution in [3.8, 4) is 5.75 Å². The fraction of sp³-hybridized carbons (Fsp3) is 0.364. The Bertz CT molecular complexity index is 1090. The van der Waals surface area contributed by atoms with Gasteiger partial charge < -0.3 is 18.9 Å². The Kier molecular flexibility index (Phi) is 7.17. The summed E-state index contributed by atoms with van der Waals surface area (Å²) in [6.07, 6.45) is 0. The molecule has 0 saturated carbocycles. The summed E-state index contributed by atoms with van der Waals surface area (Å²) in [6, 6.07) is 7.66. The van der Waals surface area contributed by atoms with Gasteiger partial charge in [0.05, 0.1) is 23.1 Å². The van der Waals surface area contributed by atoms with Gasteiger partial charge in [-0.2, -0.15) is 0 Å². The van der Waals surface area contributed by atoms with E-state index in [1.54, 1.807) is 27.7 Å². The molecule has 164 valence electrons. The lowest BCUT2D eigenvalue weighted by atomic mass is 10.1. The maximum Gasteiger partial charge on any atom is 0.340 e. The topological polar surface area (TPSA) is 107 Å². The molecule has 0 aliphatic carbocycles. The van der Waals surface area contributed by atoms with Gasteiger partial charge in [-0.3, -0.25) is 4.79 Å². The zero-order valence-electron chi connectivity index (χ0n) is 18.1. The lowest BCUT2D eigenvalue weighted by Crippen LogP contribution is -2.15. The van der Waals surface area contributed by atoms with Crippen molar-refractivity contribution in [1.29, 1.82) is 0 Å². The summed E-state index contributed by atoms with van der Waals surface area (Å²) in [7, 11) is 0. The molecule has 0 aliphatic heterocycles. The lowest BCUT2D eigenvalue weighted by molar-refractivity contribution is 0.0525. The molecule has 0 aliphatic rings. The second-order valence-corrected chi connectivity index (χ2v) is 8.33. The predicted octanol–water partition coefficient (Wildman–Crippen LogP) is 4.44. The molecule has 31 heavy (non-hydrogen) atoms. The predicted molar refractivity (Wildman–Crippen MR) is 116 cm³/mol. The molecule has 2 aromatic heterocycles. The van der Waals surface area contributed by atoms with Crippen molar-refractivity contribution in [2.24, 2.45) is 0 Å². The molecule has 0 fully saturated rings. The molecular weight excluding hydrogens is 418 g/mol. The highest BCUT2D eigenvalue weighted by molar-refractivity contribution is 8.00. The van der Waals surface area contributed by atoms with Gasteiger partial charge in [-0.15, -0.1) is 10.2 Å². The van der Waals surface area contributed by atoms with Gasteiger partial charge in [0, 0.05) is 5.69 Å². The minimum Gasteiger partial charge on any atom is -0.484 e. The summed E-state index contributed by atoms with van der Waals surface area (Å²) in [5.41, 5.74) is 3.04. The Morgan fingerprint density at radius 1 is 1.23 bits per heavy atom. The zero-order valence-corrected chi connectivity index (χ0v) is 19.0. The minimum absolute atomic E-state index is 0.136. The molecule has 3 aromatic rings. The highest BCUT2D eigenvalue weighted by atomic mass is 32.2. The first kappa shape index (κ1) is 22.6. The summed E-state index contributed by atoms with van der Waals surface area (Å²) >= 11 is 1.15. The number of carbonyl (C=O) groups excluding carboxylic acids is 2. The molecule has 0 spiro atoms. The van der Waals surface area contributed by atoms with E-state index in [9.17, 15) is 9.59 Å². The number of ketones is 1. The van der Waals surface area contributed by atoms with Gasteiger partial charge in [0.2, 0.25) is 0 Å². The summed E-state index contributed by atoms with van der Waals surface area (Å²) in [4.78, 5) is 28.1. The highest BCUT2D eigenvalue weighted by Gasteiger charge is 2.27. The Balaban J connectivity index is 1.64. The van der Waals surface area contributed by atoms with Crippen LogP contribution >= 0.6 is 11.8 Å². The van der Waals surface area contributed by atoms with Crippen LogP contribution in [0.5, 0.6) is 5.75 Å². The Morgan fingerprint density at radius 3 is 2.71 bits per heavy atom. The monoisotopic (exact) mass is 443 g/mol. The summed E-state index contributed by atoms with van der Waals surface area (Å²) in [5, 5.41) is 7.74. The van der Waals surface area contributed by atoms with Gasteiger partial charge in [0.1, 0.15) is 5.75 Å². The zero-order chi connectivity index (χ0) is 22.5. The van der Waals surface area contributed by atoms with Gasteiger partial charge >= 0.3 is 5.97 Å². The number of nitrogens with one attached hydrogen (secondary N) is 1. The molecule has 1 aromatic carbocycles. The quantitative estimate of drug-likeness (QED) is 0.294. The van der Waals surface area contributed by atoms with Crippen LogP contribution < -0.4 is 4.74 Å². The van der Waals surface area contributed by atoms with Crippen molar-refractivity contribution in [2.75, 3.05) is 6.61 Å². The molecule has 1 N–H and O–H groups in total. The smallest absolute Gasteiger partial charge is 0.340 e. The number of benzene rings is 1. The van der Waals surface area contributed by atoms with Crippen LogP contribution in [-0.2, 0) is 11.3 Å². The van der Waals surface area contributed by atoms with Crippen molar-refractivity contribution in [1.82, 2.24) is 15.2 Å².